The number of rotatable bonds is 6. The van der Waals surface area contributed by atoms with Gasteiger partial charge < -0.3 is 9.80 Å². The van der Waals surface area contributed by atoms with Crippen molar-refractivity contribution in [2.75, 3.05) is 13.1 Å². The third-order valence-electron chi connectivity index (χ3n) is 5.75. The van der Waals surface area contributed by atoms with Crippen LogP contribution in [0.2, 0.25) is 5.02 Å². The van der Waals surface area contributed by atoms with Gasteiger partial charge in [-0.15, -0.1) is 0 Å². The fraction of sp³-hybridized carbons (Fsp3) is 0.417. The largest absolute Gasteiger partial charge is 0.338 e. The molecule has 1 saturated heterocycles. The summed E-state index contributed by atoms with van der Waals surface area (Å²) in [4.78, 5) is 30.1. The summed E-state index contributed by atoms with van der Waals surface area (Å²) in [5, 5.41) is 0.610. The SMILES string of the molecule is CCC(C)N(Cc1ccccc1)C(=O)C1CCCN(C(=O)c2ccc(Cl)cc2)C1. The van der Waals surface area contributed by atoms with Crippen LogP contribution in [0.4, 0.5) is 0 Å². The minimum Gasteiger partial charge on any atom is -0.338 e. The lowest BCUT2D eigenvalue weighted by atomic mass is 9.94. The van der Waals surface area contributed by atoms with Crippen LogP contribution in [0.15, 0.2) is 54.6 Å². The van der Waals surface area contributed by atoms with Crippen LogP contribution >= 0.6 is 11.6 Å². The molecular formula is C24H29ClN2O2. The van der Waals surface area contributed by atoms with E-state index in [1.54, 1.807) is 24.3 Å². The summed E-state index contributed by atoms with van der Waals surface area (Å²) in [6, 6.07) is 17.2. The van der Waals surface area contributed by atoms with Gasteiger partial charge in [0, 0.05) is 36.3 Å². The summed E-state index contributed by atoms with van der Waals surface area (Å²) >= 11 is 5.94. The molecule has 154 valence electrons. The number of hydrogen-bond acceptors (Lipinski definition) is 2. The number of nitrogens with zero attached hydrogens (tertiary/aromatic N) is 2. The van der Waals surface area contributed by atoms with Crippen molar-refractivity contribution in [1.82, 2.24) is 9.80 Å². The molecule has 0 radical (unpaired) electrons. The third-order valence-corrected chi connectivity index (χ3v) is 6.00. The van der Waals surface area contributed by atoms with E-state index in [2.05, 4.69) is 26.0 Å². The van der Waals surface area contributed by atoms with Gasteiger partial charge in [0.05, 0.1) is 5.92 Å². The number of benzene rings is 2. The first-order valence-electron chi connectivity index (χ1n) is 10.4. The highest BCUT2D eigenvalue weighted by molar-refractivity contribution is 6.30. The first kappa shape index (κ1) is 21.4. The lowest BCUT2D eigenvalue weighted by molar-refractivity contribution is -0.139. The minimum absolute atomic E-state index is 0.0303. The van der Waals surface area contributed by atoms with Crippen molar-refractivity contribution in [1.29, 1.82) is 0 Å². The molecule has 0 aliphatic carbocycles. The number of likely N-dealkylation sites (tertiary alicyclic amines) is 1. The molecule has 1 fully saturated rings. The van der Waals surface area contributed by atoms with Crippen LogP contribution in [-0.2, 0) is 11.3 Å². The molecule has 2 aromatic carbocycles. The topological polar surface area (TPSA) is 40.6 Å². The Bertz CT molecular complexity index is 823. The Morgan fingerprint density at radius 2 is 1.83 bits per heavy atom. The van der Waals surface area contributed by atoms with E-state index in [4.69, 9.17) is 11.6 Å². The molecule has 1 heterocycles. The Kier molecular flexibility index (Phi) is 7.32. The Balaban J connectivity index is 1.72. The second-order valence-corrected chi connectivity index (χ2v) is 8.24. The molecule has 3 rings (SSSR count). The predicted molar refractivity (Wildman–Crippen MR) is 117 cm³/mol. The average molecular weight is 413 g/mol. The van der Waals surface area contributed by atoms with Gasteiger partial charge in [-0.1, -0.05) is 48.9 Å². The first-order chi connectivity index (χ1) is 14.0. The van der Waals surface area contributed by atoms with E-state index in [9.17, 15) is 9.59 Å². The van der Waals surface area contributed by atoms with Crippen molar-refractivity contribution < 1.29 is 9.59 Å². The zero-order valence-electron chi connectivity index (χ0n) is 17.2. The lowest BCUT2D eigenvalue weighted by Crippen LogP contribution is -2.48. The monoisotopic (exact) mass is 412 g/mol. The summed E-state index contributed by atoms with van der Waals surface area (Å²) in [5.41, 5.74) is 1.75. The Hall–Kier alpha value is -2.33. The number of carbonyl (C=O) groups is 2. The van der Waals surface area contributed by atoms with Crippen LogP contribution in [0.25, 0.3) is 0 Å². The molecule has 0 spiro atoms. The van der Waals surface area contributed by atoms with E-state index in [1.165, 1.54) is 0 Å². The molecule has 0 aromatic heterocycles. The number of hydrogen-bond donors (Lipinski definition) is 0. The molecule has 1 aliphatic rings. The van der Waals surface area contributed by atoms with Crippen LogP contribution < -0.4 is 0 Å². The zero-order chi connectivity index (χ0) is 20.8. The van der Waals surface area contributed by atoms with Crippen molar-refractivity contribution in [2.24, 2.45) is 5.92 Å². The van der Waals surface area contributed by atoms with E-state index in [-0.39, 0.29) is 23.8 Å². The fourth-order valence-corrected chi connectivity index (χ4v) is 3.95. The average Bonchev–Trinajstić information content (AvgIpc) is 2.77. The molecule has 0 bridgehead atoms. The molecule has 0 saturated carbocycles. The van der Waals surface area contributed by atoms with Gasteiger partial charge >= 0.3 is 0 Å². The first-order valence-corrected chi connectivity index (χ1v) is 10.8. The van der Waals surface area contributed by atoms with Gasteiger partial charge in [0.1, 0.15) is 0 Å². The molecule has 2 unspecified atom stereocenters. The molecule has 4 nitrogen and oxygen atoms in total. The van der Waals surface area contributed by atoms with E-state index in [1.807, 2.05) is 28.0 Å². The Labute approximate surface area is 178 Å². The maximum atomic E-state index is 13.4. The Morgan fingerprint density at radius 1 is 1.14 bits per heavy atom. The van der Waals surface area contributed by atoms with Crippen LogP contribution in [0, 0.1) is 5.92 Å². The predicted octanol–water partition coefficient (Wildman–Crippen LogP) is 5.02. The summed E-state index contributed by atoms with van der Waals surface area (Å²) in [6.07, 6.45) is 2.57. The van der Waals surface area contributed by atoms with Gasteiger partial charge in [0.15, 0.2) is 0 Å². The highest BCUT2D eigenvalue weighted by atomic mass is 35.5. The van der Waals surface area contributed by atoms with Crippen molar-refractivity contribution >= 4 is 23.4 Å². The number of piperidine rings is 1. The van der Waals surface area contributed by atoms with Gasteiger partial charge in [-0.05, 0) is 56.0 Å². The number of carbonyl (C=O) groups excluding carboxylic acids is 2. The van der Waals surface area contributed by atoms with Crippen molar-refractivity contribution in [3.05, 3.63) is 70.7 Å². The smallest absolute Gasteiger partial charge is 0.253 e. The highest BCUT2D eigenvalue weighted by Gasteiger charge is 2.33. The van der Waals surface area contributed by atoms with Crippen LogP contribution in [0.1, 0.15) is 49.0 Å². The van der Waals surface area contributed by atoms with Gasteiger partial charge in [-0.2, -0.15) is 0 Å². The normalized spacial score (nSPS) is 17.6. The van der Waals surface area contributed by atoms with Crippen molar-refractivity contribution in [2.45, 2.75) is 45.7 Å². The molecule has 2 atom stereocenters. The molecule has 2 amide bonds. The second-order valence-electron chi connectivity index (χ2n) is 7.81. The molecular weight excluding hydrogens is 384 g/mol. The third kappa shape index (κ3) is 5.39. The van der Waals surface area contributed by atoms with Crippen LogP contribution in [0.3, 0.4) is 0 Å². The van der Waals surface area contributed by atoms with Gasteiger partial charge in [-0.3, -0.25) is 9.59 Å². The summed E-state index contributed by atoms with van der Waals surface area (Å²) in [5.74, 6) is -0.0353. The second kappa shape index (κ2) is 9.93. The molecule has 1 aliphatic heterocycles. The van der Waals surface area contributed by atoms with E-state index in [0.29, 0.717) is 30.2 Å². The van der Waals surface area contributed by atoms with Gasteiger partial charge in [-0.25, -0.2) is 0 Å². The lowest BCUT2D eigenvalue weighted by Gasteiger charge is -2.37. The maximum absolute atomic E-state index is 13.4. The van der Waals surface area contributed by atoms with Crippen molar-refractivity contribution in [3.63, 3.8) is 0 Å². The maximum Gasteiger partial charge on any atom is 0.253 e. The highest BCUT2D eigenvalue weighted by Crippen LogP contribution is 2.24. The Morgan fingerprint density at radius 3 is 2.48 bits per heavy atom. The van der Waals surface area contributed by atoms with E-state index < -0.39 is 0 Å². The molecule has 0 N–H and O–H groups in total. The molecule has 5 heteroatoms. The molecule has 29 heavy (non-hydrogen) atoms. The van der Waals surface area contributed by atoms with E-state index in [0.717, 1.165) is 24.8 Å². The quantitative estimate of drug-likeness (QED) is 0.668. The van der Waals surface area contributed by atoms with Crippen LogP contribution in [-0.4, -0.2) is 40.7 Å². The van der Waals surface area contributed by atoms with E-state index >= 15 is 0 Å². The zero-order valence-corrected chi connectivity index (χ0v) is 17.9. The van der Waals surface area contributed by atoms with Crippen molar-refractivity contribution in [3.8, 4) is 0 Å². The van der Waals surface area contributed by atoms with Crippen LogP contribution in [0.5, 0.6) is 0 Å². The summed E-state index contributed by atoms with van der Waals surface area (Å²) < 4.78 is 0. The summed E-state index contributed by atoms with van der Waals surface area (Å²) in [6.45, 7) is 5.97. The van der Waals surface area contributed by atoms with Gasteiger partial charge in [0.2, 0.25) is 5.91 Å². The number of halogens is 1. The number of amides is 2. The van der Waals surface area contributed by atoms with Gasteiger partial charge in [0.25, 0.3) is 5.91 Å². The standard InChI is InChI=1S/C24H29ClN2O2/c1-3-18(2)27(16-19-8-5-4-6-9-19)24(29)21-10-7-15-26(17-21)23(28)20-11-13-22(25)14-12-20/h4-6,8-9,11-14,18,21H,3,7,10,15-17H2,1-2H3. The molecule has 2 aromatic rings. The summed E-state index contributed by atoms with van der Waals surface area (Å²) in [7, 11) is 0. The fourth-order valence-electron chi connectivity index (χ4n) is 3.82. The minimum atomic E-state index is -0.155.